The lowest BCUT2D eigenvalue weighted by Gasteiger charge is -1.86. The second-order valence-corrected chi connectivity index (χ2v) is 3.12. The van der Waals surface area contributed by atoms with E-state index in [1.54, 1.807) is 17.6 Å². The highest BCUT2D eigenvalue weighted by Gasteiger charge is 1.95. The van der Waals surface area contributed by atoms with E-state index in [4.69, 9.17) is 0 Å². The Bertz CT molecular complexity index is 489. The fourth-order valence-electron chi connectivity index (χ4n) is 0.799. The van der Waals surface area contributed by atoms with E-state index in [0.717, 1.165) is 0 Å². The van der Waals surface area contributed by atoms with Crippen LogP contribution in [-0.4, -0.2) is 15.2 Å². The largest absolute Gasteiger partial charge is 0.327 e. The van der Waals surface area contributed by atoms with Gasteiger partial charge in [0.15, 0.2) is 5.69 Å². The van der Waals surface area contributed by atoms with Crippen molar-refractivity contribution in [3.63, 3.8) is 0 Å². The van der Waals surface area contributed by atoms with Crippen molar-refractivity contribution in [1.82, 2.24) is 15.2 Å². The maximum Gasteiger partial charge on any atom is 0.275 e. The van der Waals surface area contributed by atoms with E-state index in [1.165, 1.54) is 17.5 Å². The number of aromatic amines is 1. The first kappa shape index (κ1) is 8.70. The van der Waals surface area contributed by atoms with Crippen LogP contribution in [0.15, 0.2) is 38.9 Å². The molecule has 0 aliphatic rings. The van der Waals surface area contributed by atoms with Gasteiger partial charge in [0.25, 0.3) is 10.7 Å². The molecule has 7 heteroatoms. The summed E-state index contributed by atoms with van der Waals surface area (Å²) >= 11 is 1.25. The molecule has 14 heavy (non-hydrogen) atoms. The van der Waals surface area contributed by atoms with Gasteiger partial charge < -0.3 is 4.98 Å². The van der Waals surface area contributed by atoms with Crippen LogP contribution >= 0.6 is 11.3 Å². The third-order valence-electron chi connectivity index (χ3n) is 1.39. The van der Waals surface area contributed by atoms with E-state index in [-0.39, 0.29) is 11.2 Å². The highest BCUT2D eigenvalue weighted by Crippen LogP contribution is 2.15. The first-order chi connectivity index (χ1) is 6.86. The summed E-state index contributed by atoms with van der Waals surface area (Å²) in [5, 5.41) is 15.2. The van der Waals surface area contributed by atoms with Crippen molar-refractivity contribution in [1.29, 1.82) is 0 Å². The average Bonchev–Trinajstić information content (AvgIpc) is 2.69. The van der Waals surface area contributed by atoms with E-state index in [2.05, 4.69) is 25.4 Å². The molecule has 0 unspecified atom stereocenters. The maximum atomic E-state index is 11.1. The van der Waals surface area contributed by atoms with Crippen molar-refractivity contribution in [2.75, 3.05) is 0 Å². The lowest BCUT2D eigenvalue weighted by Crippen LogP contribution is -2.01. The Morgan fingerprint density at radius 3 is 3.07 bits per heavy atom. The van der Waals surface area contributed by atoms with Crippen LogP contribution in [0.3, 0.4) is 0 Å². The van der Waals surface area contributed by atoms with Crippen molar-refractivity contribution in [2.24, 2.45) is 10.2 Å². The average molecular weight is 207 g/mol. The summed E-state index contributed by atoms with van der Waals surface area (Å²) in [5.41, 5.74) is 1.52. The third kappa shape index (κ3) is 1.88. The van der Waals surface area contributed by atoms with Crippen molar-refractivity contribution >= 4 is 22.2 Å². The molecule has 2 aromatic rings. The Kier molecular flexibility index (Phi) is 2.41. The van der Waals surface area contributed by atoms with Gasteiger partial charge in [-0.3, -0.25) is 4.79 Å². The molecule has 0 spiro atoms. The van der Waals surface area contributed by atoms with Gasteiger partial charge in [-0.1, -0.05) is 11.3 Å². The second kappa shape index (κ2) is 3.88. The number of pyridine rings is 1. The monoisotopic (exact) mass is 207 g/mol. The lowest BCUT2D eigenvalue weighted by molar-refractivity contribution is 1.05. The SMILES string of the molecule is O=c1[nH]cccc1N=Nc1nncs1. The van der Waals surface area contributed by atoms with Gasteiger partial charge in [0.2, 0.25) is 0 Å². The van der Waals surface area contributed by atoms with Crippen LogP contribution < -0.4 is 5.56 Å². The van der Waals surface area contributed by atoms with E-state index in [0.29, 0.717) is 5.13 Å². The van der Waals surface area contributed by atoms with Gasteiger partial charge in [0.05, 0.1) is 0 Å². The molecule has 2 rings (SSSR count). The standard InChI is InChI=1S/C7H5N5OS/c13-6-5(2-1-3-8-6)10-12-7-11-9-4-14-7/h1-4H,(H,8,13). The molecule has 0 amide bonds. The molecule has 0 saturated carbocycles. The van der Waals surface area contributed by atoms with Crippen molar-refractivity contribution < 1.29 is 0 Å². The Morgan fingerprint density at radius 1 is 1.43 bits per heavy atom. The topological polar surface area (TPSA) is 83.4 Å². The predicted molar refractivity (Wildman–Crippen MR) is 51.1 cm³/mol. The number of aromatic nitrogens is 3. The van der Waals surface area contributed by atoms with Crippen LogP contribution in [0.1, 0.15) is 0 Å². The van der Waals surface area contributed by atoms with Crippen LogP contribution in [0.2, 0.25) is 0 Å². The van der Waals surface area contributed by atoms with Crippen molar-refractivity contribution in [3.8, 4) is 0 Å². The fraction of sp³-hybridized carbons (Fsp3) is 0. The van der Waals surface area contributed by atoms with Gasteiger partial charge in [0, 0.05) is 6.20 Å². The molecule has 0 aromatic carbocycles. The van der Waals surface area contributed by atoms with Crippen LogP contribution in [0.4, 0.5) is 10.8 Å². The number of rotatable bonds is 2. The van der Waals surface area contributed by atoms with Crippen molar-refractivity contribution in [3.05, 3.63) is 34.2 Å². The van der Waals surface area contributed by atoms with Crippen molar-refractivity contribution in [2.45, 2.75) is 0 Å². The van der Waals surface area contributed by atoms with E-state index >= 15 is 0 Å². The Hall–Kier alpha value is -1.89. The van der Waals surface area contributed by atoms with E-state index in [1.807, 2.05) is 0 Å². The molecule has 0 aliphatic heterocycles. The molecule has 0 fully saturated rings. The van der Waals surface area contributed by atoms with Gasteiger partial charge in [-0.25, -0.2) is 0 Å². The van der Waals surface area contributed by atoms with Crippen LogP contribution in [0.5, 0.6) is 0 Å². The third-order valence-corrected chi connectivity index (χ3v) is 1.96. The lowest BCUT2D eigenvalue weighted by atomic mass is 10.4. The molecular weight excluding hydrogens is 202 g/mol. The van der Waals surface area contributed by atoms with Gasteiger partial charge in [-0.05, 0) is 12.1 Å². The molecule has 0 aliphatic carbocycles. The number of nitrogens with one attached hydrogen (secondary N) is 1. The summed E-state index contributed by atoms with van der Waals surface area (Å²) in [4.78, 5) is 13.6. The van der Waals surface area contributed by atoms with Crippen LogP contribution in [0, 0.1) is 0 Å². The summed E-state index contributed by atoms with van der Waals surface area (Å²) < 4.78 is 0. The summed E-state index contributed by atoms with van der Waals surface area (Å²) in [7, 11) is 0. The molecule has 0 bridgehead atoms. The molecule has 6 nitrogen and oxygen atoms in total. The van der Waals surface area contributed by atoms with E-state index < -0.39 is 0 Å². The van der Waals surface area contributed by atoms with E-state index in [9.17, 15) is 4.79 Å². The molecule has 0 atom stereocenters. The molecule has 2 heterocycles. The Balaban J connectivity index is 2.27. The number of azo groups is 1. The number of hydrogen-bond donors (Lipinski definition) is 1. The maximum absolute atomic E-state index is 11.1. The van der Waals surface area contributed by atoms with Gasteiger partial charge in [-0.15, -0.1) is 20.4 Å². The minimum atomic E-state index is -0.277. The Morgan fingerprint density at radius 2 is 2.36 bits per heavy atom. The summed E-state index contributed by atoms with van der Waals surface area (Å²) in [5.74, 6) is 0. The highest BCUT2D eigenvalue weighted by molar-refractivity contribution is 7.13. The Labute approximate surface area is 82.4 Å². The van der Waals surface area contributed by atoms with Crippen LogP contribution in [0.25, 0.3) is 0 Å². The number of H-pyrrole nitrogens is 1. The minimum Gasteiger partial charge on any atom is -0.327 e. The van der Waals surface area contributed by atoms with Gasteiger partial charge >= 0.3 is 0 Å². The zero-order valence-electron chi connectivity index (χ0n) is 6.91. The smallest absolute Gasteiger partial charge is 0.275 e. The first-order valence-electron chi connectivity index (χ1n) is 3.72. The quantitative estimate of drug-likeness (QED) is 0.760. The molecule has 70 valence electrons. The molecule has 1 N–H and O–H groups in total. The zero-order valence-corrected chi connectivity index (χ0v) is 7.73. The summed E-state index contributed by atoms with van der Waals surface area (Å²) in [6, 6.07) is 3.25. The first-order valence-corrected chi connectivity index (χ1v) is 4.60. The second-order valence-electron chi connectivity index (χ2n) is 2.31. The van der Waals surface area contributed by atoms with Gasteiger partial charge in [0.1, 0.15) is 5.51 Å². The predicted octanol–water partition coefficient (Wildman–Crippen LogP) is 1.64. The van der Waals surface area contributed by atoms with Crippen LogP contribution in [-0.2, 0) is 0 Å². The van der Waals surface area contributed by atoms with Gasteiger partial charge in [-0.2, -0.15) is 0 Å². The number of nitrogens with zero attached hydrogens (tertiary/aromatic N) is 4. The highest BCUT2D eigenvalue weighted by atomic mass is 32.1. The normalized spacial score (nSPS) is 10.9. The molecular formula is C7H5N5OS. The summed E-state index contributed by atoms with van der Waals surface area (Å²) in [6.45, 7) is 0. The minimum absolute atomic E-state index is 0.253. The molecule has 0 radical (unpaired) electrons. The molecule has 2 aromatic heterocycles. The molecule has 0 saturated heterocycles. The number of hydrogen-bond acceptors (Lipinski definition) is 6. The summed E-state index contributed by atoms with van der Waals surface area (Å²) in [6.07, 6.45) is 1.53. The fourth-order valence-corrected chi connectivity index (χ4v) is 1.17. The zero-order chi connectivity index (χ0) is 9.80.